The van der Waals surface area contributed by atoms with E-state index in [1.807, 2.05) is 19.9 Å². The van der Waals surface area contributed by atoms with Crippen molar-refractivity contribution in [1.82, 2.24) is 4.98 Å². The van der Waals surface area contributed by atoms with Gasteiger partial charge in [-0.3, -0.25) is 0 Å². The molecule has 0 radical (unpaired) electrons. The van der Waals surface area contributed by atoms with Gasteiger partial charge in [0.05, 0.1) is 17.7 Å². The summed E-state index contributed by atoms with van der Waals surface area (Å²) in [5, 5.41) is 21.3. The molecule has 86 valence electrons. The van der Waals surface area contributed by atoms with Gasteiger partial charge in [-0.25, -0.2) is 4.98 Å². The largest absolute Gasteiger partial charge is 0.394 e. The Kier molecular flexibility index (Phi) is 4.27. The SMILES string of the molecule is CCC(CC)(CO)Nc1ccc(C#N)cn1. The average molecular weight is 219 g/mol. The molecule has 0 saturated heterocycles. The van der Waals surface area contributed by atoms with Crippen LogP contribution in [-0.2, 0) is 0 Å². The van der Waals surface area contributed by atoms with Crippen molar-refractivity contribution >= 4 is 5.82 Å². The van der Waals surface area contributed by atoms with E-state index in [0.717, 1.165) is 12.8 Å². The minimum atomic E-state index is -0.318. The highest BCUT2D eigenvalue weighted by Crippen LogP contribution is 2.20. The van der Waals surface area contributed by atoms with Crippen LogP contribution in [0.4, 0.5) is 5.82 Å². The Bertz CT molecular complexity index is 355. The van der Waals surface area contributed by atoms with Crippen molar-refractivity contribution in [2.75, 3.05) is 11.9 Å². The fraction of sp³-hybridized carbons (Fsp3) is 0.500. The Morgan fingerprint density at radius 2 is 2.12 bits per heavy atom. The molecule has 0 unspecified atom stereocenters. The van der Waals surface area contributed by atoms with Crippen molar-refractivity contribution in [3.63, 3.8) is 0 Å². The molecule has 0 fully saturated rings. The summed E-state index contributed by atoms with van der Waals surface area (Å²) in [7, 11) is 0. The third-order valence-corrected chi connectivity index (χ3v) is 2.94. The minimum Gasteiger partial charge on any atom is -0.394 e. The quantitative estimate of drug-likeness (QED) is 0.793. The summed E-state index contributed by atoms with van der Waals surface area (Å²) in [4.78, 5) is 4.13. The van der Waals surface area contributed by atoms with E-state index in [4.69, 9.17) is 5.26 Å². The molecule has 4 nitrogen and oxygen atoms in total. The highest BCUT2D eigenvalue weighted by atomic mass is 16.3. The average Bonchev–Trinajstić information content (AvgIpc) is 2.37. The summed E-state index contributed by atoms with van der Waals surface area (Å²) in [5.74, 6) is 0.691. The summed E-state index contributed by atoms with van der Waals surface area (Å²) in [6.07, 6.45) is 3.17. The molecule has 0 saturated carbocycles. The molecule has 4 heteroatoms. The maximum Gasteiger partial charge on any atom is 0.126 e. The molecule has 16 heavy (non-hydrogen) atoms. The highest BCUT2D eigenvalue weighted by molar-refractivity contribution is 5.41. The van der Waals surface area contributed by atoms with Gasteiger partial charge in [-0.15, -0.1) is 0 Å². The van der Waals surface area contributed by atoms with Crippen LogP contribution >= 0.6 is 0 Å². The monoisotopic (exact) mass is 219 g/mol. The Morgan fingerprint density at radius 3 is 2.50 bits per heavy atom. The molecule has 0 amide bonds. The van der Waals surface area contributed by atoms with Gasteiger partial charge in [0.1, 0.15) is 11.9 Å². The lowest BCUT2D eigenvalue weighted by Crippen LogP contribution is -2.41. The molecule has 0 aliphatic rings. The van der Waals surface area contributed by atoms with Crippen LogP contribution in [0.2, 0.25) is 0 Å². The molecule has 0 aliphatic heterocycles. The molecule has 0 atom stereocenters. The lowest BCUT2D eigenvalue weighted by atomic mass is 9.94. The van der Waals surface area contributed by atoms with Crippen LogP contribution in [0.3, 0.4) is 0 Å². The van der Waals surface area contributed by atoms with E-state index >= 15 is 0 Å². The molecule has 1 heterocycles. The van der Waals surface area contributed by atoms with E-state index in [9.17, 15) is 5.11 Å². The number of rotatable bonds is 5. The molecule has 2 N–H and O–H groups in total. The van der Waals surface area contributed by atoms with Crippen molar-refractivity contribution < 1.29 is 5.11 Å². The van der Waals surface area contributed by atoms with Crippen molar-refractivity contribution in [3.8, 4) is 6.07 Å². The molecule has 0 aliphatic carbocycles. The zero-order valence-corrected chi connectivity index (χ0v) is 9.70. The van der Waals surface area contributed by atoms with E-state index in [0.29, 0.717) is 11.4 Å². The smallest absolute Gasteiger partial charge is 0.126 e. The normalized spacial score (nSPS) is 10.9. The predicted molar refractivity (Wildman–Crippen MR) is 63.0 cm³/mol. The number of aromatic nitrogens is 1. The first kappa shape index (κ1) is 12.5. The second-order valence-electron chi connectivity index (χ2n) is 3.81. The van der Waals surface area contributed by atoms with E-state index in [-0.39, 0.29) is 12.1 Å². The molecular weight excluding hydrogens is 202 g/mol. The zero-order valence-electron chi connectivity index (χ0n) is 9.70. The van der Waals surface area contributed by atoms with Gasteiger partial charge in [0, 0.05) is 6.20 Å². The van der Waals surface area contributed by atoms with Gasteiger partial charge in [-0.05, 0) is 25.0 Å². The number of aliphatic hydroxyl groups excluding tert-OH is 1. The van der Waals surface area contributed by atoms with Crippen LogP contribution in [0.15, 0.2) is 18.3 Å². The van der Waals surface area contributed by atoms with Crippen LogP contribution in [0, 0.1) is 11.3 Å². The van der Waals surface area contributed by atoms with Crippen LogP contribution in [0.25, 0.3) is 0 Å². The number of anilines is 1. The van der Waals surface area contributed by atoms with Crippen molar-refractivity contribution in [2.45, 2.75) is 32.2 Å². The number of nitrogens with one attached hydrogen (secondary N) is 1. The van der Waals surface area contributed by atoms with Gasteiger partial charge >= 0.3 is 0 Å². The Balaban J connectivity index is 2.82. The number of aliphatic hydroxyl groups is 1. The van der Waals surface area contributed by atoms with Crippen molar-refractivity contribution in [2.24, 2.45) is 0 Å². The van der Waals surface area contributed by atoms with E-state index in [2.05, 4.69) is 10.3 Å². The standard InChI is InChI=1S/C12H17N3O/c1-3-12(4-2,9-16)15-11-6-5-10(7-13)8-14-11/h5-6,8,16H,3-4,9H2,1-2H3,(H,14,15). The lowest BCUT2D eigenvalue weighted by Gasteiger charge is -2.31. The molecule has 1 aromatic rings. The third kappa shape index (κ3) is 2.71. The number of pyridine rings is 1. The summed E-state index contributed by atoms with van der Waals surface area (Å²) in [6, 6.07) is 5.49. The molecule has 1 aromatic heterocycles. The Labute approximate surface area is 95.9 Å². The fourth-order valence-electron chi connectivity index (χ4n) is 1.50. The van der Waals surface area contributed by atoms with Gasteiger partial charge < -0.3 is 10.4 Å². The predicted octanol–water partition coefficient (Wildman–Crippen LogP) is 1.92. The highest BCUT2D eigenvalue weighted by Gasteiger charge is 2.24. The first-order chi connectivity index (χ1) is 7.69. The summed E-state index contributed by atoms with van der Waals surface area (Å²) in [6.45, 7) is 4.12. The van der Waals surface area contributed by atoms with Crippen LogP contribution in [0.5, 0.6) is 0 Å². The molecule has 0 spiro atoms. The van der Waals surface area contributed by atoms with Crippen LogP contribution < -0.4 is 5.32 Å². The lowest BCUT2D eigenvalue weighted by molar-refractivity contribution is 0.202. The minimum absolute atomic E-state index is 0.0711. The van der Waals surface area contributed by atoms with Gasteiger partial charge in [0.2, 0.25) is 0 Å². The van der Waals surface area contributed by atoms with E-state index in [1.54, 1.807) is 12.1 Å². The number of hydrogen-bond donors (Lipinski definition) is 2. The molecule has 0 aromatic carbocycles. The second-order valence-corrected chi connectivity index (χ2v) is 3.81. The van der Waals surface area contributed by atoms with Gasteiger partial charge in [-0.1, -0.05) is 13.8 Å². The van der Waals surface area contributed by atoms with Gasteiger partial charge in [0.25, 0.3) is 0 Å². The zero-order chi connectivity index (χ0) is 12.0. The second kappa shape index (κ2) is 5.47. The Morgan fingerprint density at radius 1 is 1.44 bits per heavy atom. The van der Waals surface area contributed by atoms with Gasteiger partial charge in [0.15, 0.2) is 0 Å². The molecular formula is C12H17N3O. The first-order valence-electron chi connectivity index (χ1n) is 5.45. The van der Waals surface area contributed by atoms with Crippen LogP contribution in [-0.4, -0.2) is 22.2 Å². The number of nitrogens with zero attached hydrogens (tertiary/aromatic N) is 2. The Hall–Kier alpha value is -1.60. The van der Waals surface area contributed by atoms with Crippen LogP contribution in [0.1, 0.15) is 32.3 Å². The maximum atomic E-state index is 9.40. The number of hydrogen-bond acceptors (Lipinski definition) is 4. The number of nitriles is 1. The van der Waals surface area contributed by atoms with Crippen molar-refractivity contribution in [3.05, 3.63) is 23.9 Å². The van der Waals surface area contributed by atoms with E-state index in [1.165, 1.54) is 6.20 Å². The molecule has 1 rings (SSSR count). The van der Waals surface area contributed by atoms with Gasteiger partial charge in [-0.2, -0.15) is 5.26 Å². The maximum absolute atomic E-state index is 9.40. The third-order valence-electron chi connectivity index (χ3n) is 2.94. The van der Waals surface area contributed by atoms with Crippen molar-refractivity contribution in [1.29, 1.82) is 5.26 Å². The van der Waals surface area contributed by atoms with E-state index < -0.39 is 0 Å². The topological polar surface area (TPSA) is 68.9 Å². The summed E-state index contributed by atoms with van der Waals surface area (Å²) in [5.41, 5.74) is 0.217. The summed E-state index contributed by atoms with van der Waals surface area (Å²) >= 11 is 0. The molecule has 0 bridgehead atoms. The first-order valence-corrected chi connectivity index (χ1v) is 5.45. The fourth-order valence-corrected chi connectivity index (χ4v) is 1.50. The summed E-state index contributed by atoms with van der Waals surface area (Å²) < 4.78 is 0.